The lowest BCUT2D eigenvalue weighted by atomic mass is 10.0. The van der Waals surface area contributed by atoms with Gasteiger partial charge in [-0.2, -0.15) is 13.2 Å². The Morgan fingerprint density at radius 1 is 0.852 bits per heavy atom. The van der Waals surface area contributed by atoms with Crippen LogP contribution in [-0.4, -0.2) is 18.1 Å². The summed E-state index contributed by atoms with van der Waals surface area (Å²) in [4.78, 5) is 24.8. The molecule has 1 atom stereocenters. The maximum Gasteiger partial charge on any atom is 0.393 e. The number of carbonyl (C=O) groups is 2. The molecular formula is C20H17F3O4. The smallest absolute Gasteiger partial charge is 0.393 e. The number of alkyl halides is 3. The molecule has 2 aromatic rings. The topological polar surface area (TPSA) is 52.6 Å². The third-order valence-corrected chi connectivity index (χ3v) is 4.51. The van der Waals surface area contributed by atoms with Crippen molar-refractivity contribution >= 4 is 11.9 Å². The van der Waals surface area contributed by atoms with Crippen LogP contribution in [0.25, 0.3) is 0 Å². The highest BCUT2D eigenvalue weighted by Gasteiger charge is 2.77. The average molecular weight is 378 g/mol. The predicted molar refractivity (Wildman–Crippen MR) is 89.1 cm³/mol. The van der Waals surface area contributed by atoms with Gasteiger partial charge in [-0.05, 0) is 17.5 Å². The van der Waals surface area contributed by atoms with E-state index in [-0.39, 0.29) is 13.2 Å². The number of esters is 2. The quantitative estimate of drug-likeness (QED) is 0.562. The fourth-order valence-corrected chi connectivity index (χ4v) is 2.90. The molecule has 0 aliphatic heterocycles. The van der Waals surface area contributed by atoms with Gasteiger partial charge in [-0.1, -0.05) is 60.7 Å². The monoisotopic (exact) mass is 378 g/mol. The van der Waals surface area contributed by atoms with Crippen LogP contribution < -0.4 is 0 Å². The summed E-state index contributed by atoms with van der Waals surface area (Å²) in [7, 11) is 0. The van der Waals surface area contributed by atoms with Crippen molar-refractivity contribution in [1.82, 2.24) is 0 Å². The summed E-state index contributed by atoms with van der Waals surface area (Å²) >= 11 is 0. The van der Waals surface area contributed by atoms with Gasteiger partial charge < -0.3 is 9.47 Å². The first-order valence-corrected chi connectivity index (χ1v) is 8.33. The number of carbonyl (C=O) groups excluding carboxylic acids is 2. The summed E-state index contributed by atoms with van der Waals surface area (Å²) < 4.78 is 49.5. The van der Waals surface area contributed by atoms with E-state index in [4.69, 9.17) is 9.47 Å². The second kappa shape index (κ2) is 7.42. The van der Waals surface area contributed by atoms with Crippen molar-refractivity contribution in [2.45, 2.75) is 25.8 Å². The Bertz CT molecular complexity index is 747. The molecule has 7 heteroatoms. The molecule has 0 radical (unpaired) electrons. The van der Waals surface area contributed by atoms with Crippen LogP contribution in [0, 0.1) is 11.3 Å². The number of benzene rings is 2. The van der Waals surface area contributed by atoms with Crippen LogP contribution in [0.3, 0.4) is 0 Å². The third-order valence-electron chi connectivity index (χ3n) is 4.51. The van der Waals surface area contributed by atoms with E-state index in [1.54, 1.807) is 60.7 Å². The standard InChI is InChI=1S/C20H17F3O4/c21-20(22,23)16-11-19(16,17(24)26-12-14-7-3-1-4-8-14)18(25)27-13-15-9-5-2-6-10-15/h1-10,16H,11-13H2. The van der Waals surface area contributed by atoms with E-state index in [1.807, 2.05) is 0 Å². The van der Waals surface area contributed by atoms with Gasteiger partial charge in [-0.25, -0.2) is 0 Å². The van der Waals surface area contributed by atoms with Crippen LogP contribution >= 0.6 is 0 Å². The van der Waals surface area contributed by atoms with Gasteiger partial charge in [0.05, 0.1) is 5.92 Å². The maximum absolute atomic E-state index is 13.2. The predicted octanol–water partition coefficient (Wildman–Crippen LogP) is 4.04. The molecule has 1 fully saturated rings. The van der Waals surface area contributed by atoms with E-state index < -0.39 is 35.9 Å². The van der Waals surface area contributed by atoms with Crippen molar-refractivity contribution in [3.05, 3.63) is 71.8 Å². The lowest BCUT2D eigenvalue weighted by Crippen LogP contribution is -2.35. The minimum Gasteiger partial charge on any atom is -0.460 e. The normalized spacial score (nSPS) is 17.8. The third kappa shape index (κ3) is 4.13. The Morgan fingerprint density at radius 2 is 1.26 bits per heavy atom. The summed E-state index contributed by atoms with van der Waals surface area (Å²) in [6.07, 6.45) is -5.34. The molecule has 0 spiro atoms. The second-order valence-electron chi connectivity index (χ2n) is 6.39. The number of hydrogen-bond donors (Lipinski definition) is 0. The first kappa shape index (κ1) is 18.9. The summed E-state index contributed by atoms with van der Waals surface area (Å²) in [5, 5.41) is 0. The van der Waals surface area contributed by atoms with Gasteiger partial charge in [0.15, 0.2) is 5.41 Å². The summed E-state index contributed by atoms with van der Waals surface area (Å²) in [5.41, 5.74) is -1.09. The highest BCUT2D eigenvalue weighted by molar-refractivity contribution is 6.04. The number of halogens is 3. The Hall–Kier alpha value is -2.83. The van der Waals surface area contributed by atoms with E-state index in [0.717, 1.165) is 0 Å². The van der Waals surface area contributed by atoms with Crippen LogP contribution in [0.5, 0.6) is 0 Å². The van der Waals surface area contributed by atoms with Gasteiger partial charge in [0.2, 0.25) is 0 Å². The van der Waals surface area contributed by atoms with E-state index in [1.165, 1.54) is 0 Å². The molecular weight excluding hydrogens is 361 g/mol. The molecule has 3 rings (SSSR count). The Balaban J connectivity index is 1.70. The molecule has 0 N–H and O–H groups in total. The zero-order chi connectivity index (χ0) is 19.5. The van der Waals surface area contributed by atoms with Crippen molar-refractivity contribution in [2.75, 3.05) is 0 Å². The van der Waals surface area contributed by atoms with Gasteiger partial charge in [-0.15, -0.1) is 0 Å². The zero-order valence-corrected chi connectivity index (χ0v) is 14.2. The Kier molecular flexibility index (Phi) is 5.21. The average Bonchev–Trinajstić information content (AvgIpc) is 3.43. The molecule has 27 heavy (non-hydrogen) atoms. The molecule has 0 heterocycles. The van der Waals surface area contributed by atoms with Crippen molar-refractivity contribution in [2.24, 2.45) is 11.3 Å². The lowest BCUT2D eigenvalue weighted by Gasteiger charge is -2.17. The molecule has 1 unspecified atom stereocenters. The molecule has 1 aliphatic rings. The molecule has 1 saturated carbocycles. The van der Waals surface area contributed by atoms with E-state index in [2.05, 4.69) is 0 Å². The van der Waals surface area contributed by atoms with Crippen molar-refractivity contribution in [1.29, 1.82) is 0 Å². The number of hydrogen-bond acceptors (Lipinski definition) is 4. The highest BCUT2D eigenvalue weighted by Crippen LogP contribution is 2.61. The number of ether oxygens (including phenoxy) is 2. The highest BCUT2D eigenvalue weighted by atomic mass is 19.4. The van der Waals surface area contributed by atoms with Crippen LogP contribution in [0.15, 0.2) is 60.7 Å². The Morgan fingerprint density at radius 3 is 1.59 bits per heavy atom. The molecule has 1 aliphatic carbocycles. The molecule has 4 nitrogen and oxygen atoms in total. The second-order valence-corrected chi connectivity index (χ2v) is 6.39. The first-order valence-electron chi connectivity index (χ1n) is 8.33. The number of rotatable bonds is 6. The van der Waals surface area contributed by atoms with Crippen molar-refractivity contribution in [3.8, 4) is 0 Å². The van der Waals surface area contributed by atoms with Crippen LogP contribution in [0.4, 0.5) is 13.2 Å². The minimum atomic E-state index is -4.68. The fourth-order valence-electron chi connectivity index (χ4n) is 2.90. The van der Waals surface area contributed by atoms with Crippen molar-refractivity contribution in [3.63, 3.8) is 0 Å². The minimum absolute atomic E-state index is 0.210. The summed E-state index contributed by atoms with van der Waals surface area (Å²) in [6, 6.07) is 17.0. The van der Waals surface area contributed by atoms with Gasteiger partial charge in [0.25, 0.3) is 0 Å². The molecule has 0 amide bonds. The Labute approximate surface area is 153 Å². The van der Waals surface area contributed by atoms with Gasteiger partial charge in [-0.3, -0.25) is 9.59 Å². The first-order chi connectivity index (χ1) is 12.8. The zero-order valence-electron chi connectivity index (χ0n) is 14.2. The van der Waals surface area contributed by atoms with Gasteiger partial charge >= 0.3 is 18.1 Å². The largest absolute Gasteiger partial charge is 0.460 e. The van der Waals surface area contributed by atoms with E-state index in [9.17, 15) is 22.8 Å². The molecule has 2 aromatic carbocycles. The molecule has 0 saturated heterocycles. The van der Waals surface area contributed by atoms with E-state index in [0.29, 0.717) is 11.1 Å². The molecule has 0 bridgehead atoms. The van der Waals surface area contributed by atoms with Crippen molar-refractivity contribution < 1.29 is 32.2 Å². The molecule has 142 valence electrons. The summed E-state index contributed by atoms with van der Waals surface area (Å²) in [6.45, 7) is -0.421. The van der Waals surface area contributed by atoms with Crippen LogP contribution in [0.1, 0.15) is 17.5 Å². The van der Waals surface area contributed by atoms with Crippen LogP contribution in [0.2, 0.25) is 0 Å². The van der Waals surface area contributed by atoms with Gasteiger partial charge in [0.1, 0.15) is 13.2 Å². The lowest BCUT2D eigenvalue weighted by molar-refractivity contribution is -0.184. The SMILES string of the molecule is O=C(OCc1ccccc1)C1(C(=O)OCc2ccccc2)CC1C(F)(F)F. The fraction of sp³-hybridized carbons (Fsp3) is 0.300. The van der Waals surface area contributed by atoms with Gasteiger partial charge in [0, 0.05) is 0 Å². The summed E-state index contributed by atoms with van der Waals surface area (Å²) in [5.74, 6) is -4.49. The van der Waals surface area contributed by atoms with E-state index >= 15 is 0 Å². The maximum atomic E-state index is 13.2. The van der Waals surface area contributed by atoms with Crippen LogP contribution in [-0.2, 0) is 32.3 Å². The molecule has 0 aromatic heterocycles.